The lowest BCUT2D eigenvalue weighted by atomic mass is 10.2. The SMILES string of the molecule is CCN(CC)CCN(C(=O)c1ccc(S(=O)(=O)N(C)c2ccccc2)cc1)c1nc2c(C)cccc2s1. The van der Waals surface area contributed by atoms with E-state index in [0.29, 0.717) is 29.5 Å². The van der Waals surface area contributed by atoms with Crippen molar-refractivity contribution in [1.82, 2.24) is 9.88 Å². The van der Waals surface area contributed by atoms with Crippen molar-refractivity contribution in [2.24, 2.45) is 0 Å². The van der Waals surface area contributed by atoms with Crippen LogP contribution in [0.5, 0.6) is 0 Å². The molecular weight excluding hydrogens is 504 g/mol. The first-order valence-corrected chi connectivity index (χ1v) is 14.6. The molecule has 9 heteroatoms. The van der Waals surface area contributed by atoms with Gasteiger partial charge in [-0.15, -0.1) is 0 Å². The lowest BCUT2D eigenvalue weighted by Crippen LogP contribution is -2.38. The number of likely N-dealkylation sites (N-methyl/N-ethyl adjacent to an activating group) is 1. The Bertz CT molecular complexity index is 1460. The Morgan fingerprint density at radius 1 is 0.892 bits per heavy atom. The number of hydrogen-bond acceptors (Lipinski definition) is 6. The van der Waals surface area contributed by atoms with Crippen molar-refractivity contribution in [2.45, 2.75) is 25.7 Å². The molecule has 0 aliphatic rings. The molecule has 0 unspecified atom stereocenters. The molecule has 37 heavy (non-hydrogen) atoms. The fourth-order valence-corrected chi connectivity index (χ4v) is 6.38. The molecule has 0 fully saturated rings. The second-order valence-corrected chi connectivity index (χ2v) is 11.7. The van der Waals surface area contributed by atoms with E-state index in [9.17, 15) is 13.2 Å². The minimum absolute atomic E-state index is 0.126. The van der Waals surface area contributed by atoms with Gasteiger partial charge in [0.2, 0.25) is 0 Å². The fraction of sp³-hybridized carbons (Fsp3) is 0.286. The number of aryl methyl sites for hydroxylation is 1. The van der Waals surface area contributed by atoms with Gasteiger partial charge >= 0.3 is 0 Å². The van der Waals surface area contributed by atoms with E-state index >= 15 is 0 Å². The van der Waals surface area contributed by atoms with Crippen LogP contribution in [-0.2, 0) is 10.0 Å². The van der Waals surface area contributed by atoms with Gasteiger partial charge in [0.25, 0.3) is 15.9 Å². The number of sulfonamides is 1. The summed E-state index contributed by atoms with van der Waals surface area (Å²) in [5.74, 6) is -0.204. The summed E-state index contributed by atoms with van der Waals surface area (Å²) in [4.78, 5) is 22.6. The Morgan fingerprint density at radius 3 is 2.19 bits per heavy atom. The predicted octanol–water partition coefficient (Wildman–Crippen LogP) is 5.42. The van der Waals surface area contributed by atoms with Crippen LogP contribution < -0.4 is 9.21 Å². The summed E-state index contributed by atoms with van der Waals surface area (Å²) in [5, 5.41) is 0.641. The molecule has 0 spiro atoms. The molecule has 1 aromatic heterocycles. The third kappa shape index (κ3) is 5.69. The maximum atomic E-state index is 13.7. The highest BCUT2D eigenvalue weighted by molar-refractivity contribution is 7.92. The minimum Gasteiger partial charge on any atom is -0.302 e. The second-order valence-electron chi connectivity index (χ2n) is 8.73. The average molecular weight is 537 g/mol. The van der Waals surface area contributed by atoms with Crippen LogP contribution in [-0.4, -0.2) is 57.4 Å². The van der Waals surface area contributed by atoms with Crippen molar-refractivity contribution >= 4 is 48.3 Å². The Hall–Kier alpha value is -3.27. The van der Waals surface area contributed by atoms with Gasteiger partial charge < -0.3 is 4.90 Å². The number of aromatic nitrogens is 1. The van der Waals surface area contributed by atoms with Crippen LogP contribution in [0.4, 0.5) is 10.8 Å². The van der Waals surface area contributed by atoms with E-state index in [1.807, 2.05) is 31.2 Å². The van der Waals surface area contributed by atoms with Gasteiger partial charge in [0, 0.05) is 25.7 Å². The van der Waals surface area contributed by atoms with Gasteiger partial charge in [-0.3, -0.25) is 14.0 Å². The number of rotatable bonds is 10. The van der Waals surface area contributed by atoms with E-state index in [2.05, 4.69) is 18.7 Å². The van der Waals surface area contributed by atoms with E-state index in [0.717, 1.165) is 28.9 Å². The van der Waals surface area contributed by atoms with Gasteiger partial charge in [-0.1, -0.05) is 55.5 Å². The Kier molecular flexibility index (Phi) is 8.26. The van der Waals surface area contributed by atoms with Crippen molar-refractivity contribution in [3.8, 4) is 0 Å². The van der Waals surface area contributed by atoms with Crippen LogP contribution in [0.1, 0.15) is 29.8 Å². The molecule has 0 aliphatic heterocycles. The number of para-hydroxylation sites is 2. The zero-order chi connectivity index (χ0) is 26.6. The van der Waals surface area contributed by atoms with E-state index < -0.39 is 10.0 Å². The molecule has 0 saturated heterocycles. The van der Waals surface area contributed by atoms with E-state index in [1.165, 1.54) is 34.8 Å². The Balaban J connectivity index is 1.64. The largest absolute Gasteiger partial charge is 0.302 e. The summed E-state index contributed by atoms with van der Waals surface area (Å²) in [5.41, 5.74) is 2.94. The van der Waals surface area contributed by atoms with Crippen LogP contribution in [0.25, 0.3) is 10.2 Å². The number of carbonyl (C=O) groups excluding carboxylic acids is 1. The zero-order valence-electron chi connectivity index (χ0n) is 21.6. The quantitative estimate of drug-likeness (QED) is 0.271. The van der Waals surface area contributed by atoms with E-state index in [4.69, 9.17) is 4.98 Å². The second kappa shape index (κ2) is 11.4. The summed E-state index contributed by atoms with van der Waals surface area (Å²) in [7, 11) is -2.24. The molecule has 0 radical (unpaired) electrons. The van der Waals surface area contributed by atoms with Crippen molar-refractivity contribution in [2.75, 3.05) is 42.4 Å². The van der Waals surface area contributed by atoms with Crippen LogP contribution >= 0.6 is 11.3 Å². The number of hydrogen-bond donors (Lipinski definition) is 0. The molecule has 4 aromatic rings. The standard InChI is InChI=1S/C28H32N4O3S2/c1-5-31(6-2)19-20-32(28-29-26-21(3)11-10-14-25(26)36-28)27(33)22-15-17-24(18-16-22)37(34,35)30(4)23-12-8-7-9-13-23/h7-18H,5-6,19-20H2,1-4H3. The topological polar surface area (TPSA) is 73.8 Å². The van der Waals surface area contributed by atoms with Gasteiger partial charge in [0.1, 0.15) is 0 Å². The third-order valence-electron chi connectivity index (χ3n) is 6.50. The maximum absolute atomic E-state index is 13.7. The average Bonchev–Trinajstić information content (AvgIpc) is 3.36. The van der Waals surface area contributed by atoms with Gasteiger partial charge in [-0.05, 0) is 68.0 Å². The minimum atomic E-state index is -3.77. The molecule has 7 nitrogen and oxygen atoms in total. The van der Waals surface area contributed by atoms with Crippen LogP contribution in [0.2, 0.25) is 0 Å². The molecule has 3 aromatic carbocycles. The van der Waals surface area contributed by atoms with Crippen LogP contribution in [0.3, 0.4) is 0 Å². The van der Waals surface area contributed by atoms with Gasteiger partial charge in [-0.2, -0.15) is 0 Å². The van der Waals surface area contributed by atoms with E-state index in [-0.39, 0.29) is 10.8 Å². The Labute approximate surface area is 223 Å². The maximum Gasteiger partial charge on any atom is 0.264 e. The third-order valence-corrected chi connectivity index (χ3v) is 9.34. The fourth-order valence-electron chi connectivity index (χ4n) is 4.12. The molecule has 0 saturated carbocycles. The number of anilines is 2. The normalized spacial score (nSPS) is 11.7. The molecular formula is C28H32N4O3S2. The Morgan fingerprint density at radius 2 is 1.57 bits per heavy atom. The number of nitrogens with zero attached hydrogens (tertiary/aromatic N) is 4. The summed E-state index contributed by atoms with van der Waals surface area (Å²) in [6.07, 6.45) is 0. The molecule has 4 rings (SSSR count). The number of thiazole rings is 1. The molecule has 0 bridgehead atoms. The molecule has 1 amide bonds. The smallest absolute Gasteiger partial charge is 0.264 e. The zero-order valence-corrected chi connectivity index (χ0v) is 23.2. The highest BCUT2D eigenvalue weighted by atomic mass is 32.2. The van der Waals surface area contributed by atoms with Crippen molar-refractivity contribution < 1.29 is 13.2 Å². The molecule has 194 valence electrons. The lowest BCUT2D eigenvalue weighted by molar-refractivity contribution is 0.0983. The monoisotopic (exact) mass is 536 g/mol. The van der Waals surface area contributed by atoms with Crippen molar-refractivity contribution in [1.29, 1.82) is 0 Å². The summed E-state index contributed by atoms with van der Waals surface area (Å²) >= 11 is 1.49. The summed E-state index contributed by atoms with van der Waals surface area (Å²) in [6, 6.07) is 21.1. The van der Waals surface area contributed by atoms with Crippen molar-refractivity contribution in [3.05, 3.63) is 83.9 Å². The van der Waals surface area contributed by atoms with E-state index in [1.54, 1.807) is 41.3 Å². The first kappa shape index (κ1) is 26.8. The van der Waals surface area contributed by atoms with Gasteiger partial charge in [0.05, 0.1) is 20.8 Å². The van der Waals surface area contributed by atoms with Crippen LogP contribution in [0.15, 0.2) is 77.7 Å². The number of benzene rings is 3. The van der Waals surface area contributed by atoms with Gasteiger partial charge in [-0.25, -0.2) is 13.4 Å². The van der Waals surface area contributed by atoms with Crippen molar-refractivity contribution in [3.63, 3.8) is 0 Å². The summed E-state index contributed by atoms with van der Waals surface area (Å²) < 4.78 is 28.6. The highest BCUT2D eigenvalue weighted by Crippen LogP contribution is 2.31. The first-order chi connectivity index (χ1) is 17.8. The summed E-state index contributed by atoms with van der Waals surface area (Å²) in [6.45, 7) is 9.18. The highest BCUT2D eigenvalue weighted by Gasteiger charge is 2.25. The number of carbonyl (C=O) groups is 1. The molecule has 0 atom stereocenters. The van der Waals surface area contributed by atoms with Crippen LogP contribution in [0, 0.1) is 6.92 Å². The molecule has 1 heterocycles. The lowest BCUT2D eigenvalue weighted by Gasteiger charge is -2.25. The molecule has 0 aliphatic carbocycles. The van der Waals surface area contributed by atoms with Gasteiger partial charge in [0.15, 0.2) is 5.13 Å². The molecule has 0 N–H and O–H groups in total. The number of amides is 1. The predicted molar refractivity (Wildman–Crippen MR) is 152 cm³/mol. The first-order valence-electron chi connectivity index (χ1n) is 12.3. The number of fused-ring (bicyclic) bond motifs is 1.